The van der Waals surface area contributed by atoms with E-state index in [0.717, 1.165) is 50.0 Å². The molecule has 0 unspecified atom stereocenters. The van der Waals surface area contributed by atoms with Crippen LogP contribution in [-0.2, 0) is 6.54 Å². The van der Waals surface area contributed by atoms with Crippen molar-refractivity contribution >= 4 is 22.8 Å². The predicted molar refractivity (Wildman–Crippen MR) is 87.3 cm³/mol. The average Bonchev–Trinajstić information content (AvgIpc) is 3.16. The molecule has 1 aliphatic rings. The Morgan fingerprint density at radius 3 is 2.82 bits per heavy atom. The van der Waals surface area contributed by atoms with Gasteiger partial charge in [-0.1, -0.05) is 0 Å². The molecule has 0 bridgehead atoms. The number of hydrogen-bond donors (Lipinski definition) is 0. The molecule has 3 aromatic rings. The van der Waals surface area contributed by atoms with Crippen molar-refractivity contribution in [2.75, 3.05) is 31.1 Å². The van der Waals surface area contributed by atoms with Gasteiger partial charge in [-0.2, -0.15) is 15.9 Å². The fourth-order valence-electron chi connectivity index (χ4n) is 2.90. The number of aryl methyl sites for hydroxylation is 1. The summed E-state index contributed by atoms with van der Waals surface area (Å²) < 4.78 is 1.90. The van der Waals surface area contributed by atoms with Gasteiger partial charge in [0.2, 0.25) is 0 Å². The summed E-state index contributed by atoms with van der Waals surface area (Å²) in [4.78, 5) is 13.5. The van der Waals surface area contributed by atoms with Gasteiger partial charge in [0.05, 0.1) is 12.4 Å². The summed E-state index contributed by atoms with van der Waals surface area (Å²) in [5.41, 5.74) is 2.23. The largest absolute Gasteiger partial charge is 0.353 e. The molecule has 0 N–H and O–H groups in total. The highest BCUT2D eigenvalue weighted by Crippen LogP contribution is 2.18. The second-order valence-electron chi connectivity index (χ2n) is 5.59. The second kappa shape index (κ2) is 5.66. The Bertz CT molecular complexity index is 758. The molecule has 0 spiro atoms. The molecule has 3 aromatic heterocycles. The minimum Gasteiger partial charge on any atom is -0.353 e. The Labute approximate surface area is 133 Å². The minimum absolute atomic E-state index is 0.783. The van der Waals surface area contributed by atoms with Crippen molar-refractivity contribution < 1.29 is 0 Å². The molecule has 4 rings (SSSR count). The summed E-state index contributed by atoms with van der Waals surface area (Å²) in [7, 11) is 0. The van der Waals surface area contributed by atoms with Crippen LogP contribution >= 0.6 is 11.3 Å². The molecule has 6 nitrogen and oxygen atoms in total. The van der Waals surface area contributed by atoms with Crippen LogP contribution in [0.25, 0.3) is 5.65 Å². The molecule has 1 fully saturated rings. The van der Waals surface area contributed by atoms with Crippen LogP contribution in [0.5, 0.6) is 0 Å². The lowest BCUT2D eigenvalue weighted by Gasteiger charge is -2.35. The lowest BCUT2D eigenvalue weighted by molar-refractivity contribution is 0.249. The van der Waals surface area contributed by atoms with Crippen molar-refractivity contribution in [2.24, 2.45) is 0 Å². The molecule has 0 radical (unpaired) electrons. The van der Waals surface area contributed by atoms with Crippen molar-refractivity contribution in [1.29, 1.82) is 0 Å². The maximum Gasteiger partial charge on any atom is 0.176 e. The molecule has 0 aromatic carbocycles. The predicted octanol–water partition coefficient (Wildman–Crippen LogP) is 1.82. The Hall–Kier alpha value is -1.99. The van der Waals surface area contributed by atoms with Crippen LogP contribution in [0.1, 0.15) is 11.4 Å². The smallest absolute Gasteiger partial charge is 0.176 e. The summed E-state index contributed by atoms with van der Waals surface area (Å²) >= 11 is 1.77. The van der Waals surface area contributed by atoms with E-state index in [-0.39, 0.29) is 0 Å². The molecule has 1 aliphatic heterocycles. The normalized spacial score (nSPS) is 16.5. The second-order valence-corrected chi connectivity index (χ2v) is 6.37. The van der Waals surface area contributed by atoms with Crippen LogP contribution in [0, 0.1) is 6.92 Å². The van der Waals surface area contributed by atoms with Crippen LogP contribution in [0.4, 0.5) is 5.82 Å². The summed E-state index contributed by atoms with van der Waals surface area (Å²) in [5, 5.41) is 8.86. The van der Waals surface area contributed by atoms with E-state index in [1.165, 1.54) is 5.56 Å². The van der Waals surface area contributed by atoms with Gasteiger partial charge in [0.15, 0.2) is 11.5 Å². The van der Waals surface area contributed by atoms with Gasteiger partial charge in [0.1, 0.15) is 5.82 Å². The maximum absolute atomic E-state index is 4.48. The standard InChI is InChI=1S/C15H18N6S/c1-12-17-14-8-16-9-15(21(14)18-12)20-5-3-19(4-6-20)10-13-2-7-22-11-13/h2,7-9,11H,3-6,10H2,1H3. The number of rotatable bonds is 3. The van der Waals surface area contributed by atoms with Gasteiger partial charge >= 0.3 is 0 Å². The molecule has 4 heterocycles. The van der Waals surface area contributed by atoms with Crippen molar-refractivity contribution in [1.82, 2.24) is 24.5 Å². The van der Waals surface area contributed by atoms with E-state index in [0.29, 0.717) is 0 Å². The molecule has 0 aliphatic carbocycles. The van der Waals surface area contributed by atoms with Gasteiger partial charge in [-0.25, -0.2) is 4.98 Å². The van der Waals surface area contributed by atoms with Crippen molar-refractivity contribution in [3.05, 3.63) is 40.6 Å². The highest BCUT2D eigenvalue weighted by atomic mass is 32.1. The summed E-state index contributed by atoms with van der Waals surface area (Å²) in [6.45, 7) is 7.05. The number of piperazine rings is 1. The Kier molecular flexibility index (Phi) is 3.51. The zero-order chi connectivity index (χ0) is 14.9. The van der Waals surface area contributed by atoms with Crippen LogP contribution in [0.15, 0.2) is 29.2 Å². The number of thiophene rings is 1. The molecule has 0 amide bonds. The van der Waals surface area contributed by atoms with Crippen molar-refractivity contribution in [2.45, 2.75) is 13.5 Å². The topological polar surface area (TPSA) is 49.6 Å². The zero-order valence-electron chi connectivity index (χ0n) is 12.5. The Balaban J connectivity index is 1.48. The molecular formula is C15H18N6S. The van der Waals surface area contributed by atoms with Gasteiger partial charge in [0, 0.05) is 32.7 Å². The van der Waals surface area contributed by atoms with Crippen LogP contribution in [-0.4, -0.2) is 50.7 Å². The number of aromatic nitrogens is 4. The molecule has 0 atom stereocenters. The first kappa shape index (κ1) is 13.7. The number of nitrogens with zero attached hydrogens (tertiary/aromatic N) is 6. The van der Waals surface area contributed by atoms with Crippen molar-refractivity contribution in [3.63, 3.8) is 0 Å². The molecule has 7 heteroatoms. The van der Waals surface area contributed by atoms with E-state index < -0.39 is 0 Å². The zero-order valence-corrected chi connectivity index (χ0v) is 13.3. The summed E-state index contributed by atoms with van der Waals surface area (Å²) in [6.07, 6.45) is 3.64. The Morgan fingerprint density at radius 2 is 2.05 bits per heavy atom. The minimum atomic E-state index is 0.783. The first-order chi connectivity index (χ1) is 10.8. The maximum atomic E-state index is 4.48. The van der Waals surface area contributed by atoms with E-state index in [1.54, 1.807) is 17.5 Å². The number of anilines is 1. The van der Waals surface area contributed by atoms with Crippen LogP contribution < -0.4 is 4.90 Å². The monoisotopic (exact) mass is 314 g/mol. The molecule has 0 saturated carbocycles. The molecule has 114 valence electrons. The molecular weight excluding hydrogens is 296 g/mol. The van der Waals surface area contributed by atoms with E-state index >= 15 is 0 Å². The first-order valence-electron chi connectivity index (χ1n) is 7.45. The van der Waals surface area contributed by atoms with Crippen LogP contribution in [0.2, 0.25) is 0 Å². The average molecular weight is 314 g/mol. The van der Waals surface area contributed by atoms with E-state index in [4.69, 9.17) is 0 Å². The fourth-order valence-corrected chi connectivity index (χ4v) is 3.56. The lowest BCUT2D eigenvalue weighted by atomic mass is 10.2. The van der Waals surface area contributed by atoms with Crippen molar-refractivity contribution in [3.8, 4) is 0 Å². The SMILES string of the molecule is Cc1nc2cncc(N3CCN(Cc4ccsc4)CC3)n2n1. The third kappa shape index (κ3) is 2.57. The molecule has 1 saturated heterocycles. The van der Waals surface area contributed by atoms with Gasteiger partial charge in [-0.3, -0.25) is 9.88 Å². The summed E-state index contributed by atoms with van der Waals surface area (Å²) in [6, 6.07) is 2.21. The van der Waals surface area contributed by atoms with Gasteiger partial charge in [-0.05, 0) is 29.3 Å². The number of hydrogen-bond acceptors (Lipinski definition) is 6. The van der Waals surface area contributed by atoms with Crippen LogP contribution in [0.3, 0.4) is 0 Å². The quantitative estimate of drug-likeness (QED) is 0.738. The number of fused-ring (bicyclic) bond motifs is 1. The third-order valence-corrected chi connectivity index (χ3v) is 4.75. The Morgan fingerprint density at radius 1 is 1.18 bits per heavy atom. The van der Waals surface area contributed by atoms with E-state index in [1.807, 2.05) is 17.6 Å². The van der Waals surface area contributed by atoms with Gasteiger partial charge < -0.3 is 4.90 Å². The van der Waals surface area contributed by atoms with Gasteiger partial charge in [-0.15, -0.1) is 5.10 Å². The molecule has 22 heavy (non-hydrogen) atoms. The van der Waals surface area contributed by atoms with E-state index in [2.05, 4.69) is 41.7 Å². The van der Waals surface area contributed by atoms with Gasteiger partial charge in [0.25, 0.3) is 0 Å². The highest BCUT2D eigenvalue weighted by Gasteiger charge is 2.20. The first-order valence-corrected chi connectivity index (χ1v) is 8.39. The summed E-state index contributed by atoms with van der Waals surface area (Å²) in [5.74, 6) is 1.82. The van der Waals surface area contributed by atoms with E-state index in [9.17, 15) is 0 Å². The lowest BCUT2D eigenvalue weighted by Crippen LogP contribution is -2.46. The third-order valence-electron chi connectivity index (χ3n) is 4.02. The fraction of sp³-hybridized carbons (Fsp3) is 0.400. The highest BCUT2D eigenvalue weighted by molar-refractivity contribution is 7.07.